The van der Waals surface area contributed by atoms with E-state index in [1.807, 2.05) is 11.0 Å². The first-order valence-electron chi connectivity index (χ1n) is 6.97. The Hall–Kier alpha value is -2.44. The minimum atomic E-state index is -0.498. The Kier molecular flexibility index (Phi) is 2.51. The molecule has 4 rings (SSSR count). The van der Waals surface area contributed by atoms with Crippen molar-refractivity contribution in [1.82, 2.24) is 15.3 Å². The van der Waals surface area contributed by atoms with Gasteiger partial charge in [-0.05, 0) is 25.0 Å². The lowest BCUT2D eigenvalue weighted by molar-refractivity contribution is -0.140. The van der Waals surface area contributed by atoms with Crippen molar-refractivity contribution in [3.05, 3.63) is 18.3 Å². The maximum Gasteiger partial charge on any atom is 0.299 e. The summed E-state index contributed by atoms with van der Waals surface area (Å²) < 4.78 is 5.70. The molecule has 1 atom stereocenters. The molecule has 1 N–H and O–H groups in total. The fraction of sp³-hybridized carbons (Fsp3) is 0.429. The fourth-order valence-electron chi connectivity index (χ4n) is 3.11. The number of piperidine rings is 1. The Balaban J connectivity index is 1.61. The lowest BCUT2D eigenvalue weighted by atomic mass is 9.79. The van der Waals surface area contributed by atoms with Crippen molar-refractivity contribution in [3.8, 4) is 0 Å². The monoisotopic (exact) mass is 286 g/mol. The highest BCUT2D eigenvalue weighted by molar-refractivity contribution is 6.01. The standard InChI is InChI=1S/C14H14N4O3/c19-10-3-4-14(12(20)16-10)5-7-18(8-14)13-17-11-9(21-13)2-1-6-15-11/h1-2,6H,3-5,7-8H2,(H,16,19,20). The number of nitrogens with one attached hydrogen (secondary N) is 1. The van der Waals surface area contributed by atoms with E-state index in [1.54, 1.807) is 12.3 Å². The number of hydrogen-bond acceptors (Lipinski definition) is 6. The van der Waals surface area contributed by atoms with Crippen LogP contribution in [0.15, 0.2) is 22.7 Å². The predicted molar refractivity (Wildman–Crippen MR) is 73.5 cm³/mol. The molecular formula is C14H14N4O3. The third kappa shape index (κ3) is 1.88. The highest BCUT2D eigenvalue weighted by Crippen LogP contribution is 2.39. The van der Waals surface area contributed by atoms with E-state index >= 15 is 0 Å². The van der Waals surface area contributed by atoms with Crippen molar-refractivity contribution in [2.24, 2.45) is 5.41 Å². The van der Waals surface area contributed by atoms with E-state index in [0.29, 0.717) is 49.6 Å². The van der Waals surface area contributed by atoms with Crippen molar-refractivity contribution in [1.29, 1.82) is 0 Å². The van der Waals surface area contributed by atoms with E-state index in [-0.39, 0.29) is 11.8 Å². The largest absolute Gasteiger partial charge is 0.422 e. The lowest BCUT2D eigenvalue weighted by Crippen LogP contribution is -2.50. The van der Waals surface area contributed by atoms with Crippen LogP contribution in [0.3, 0.4) is 0 Å². The molecule has 2 aliphatic rings. The summed E-state index contributed by atoms with van der Waals surface area (Å²) in [5, 5.41) is 2.44. The molecule has 2 fully saturated rings. The minimum absolute atomic E-state index is 0.171. The molecule has 108 valence electrons. The zero-order chi connectivity index (χ0) is 14.4. The van der Waals surface area contributed by atoms with Crippen molar-refractivity contribution in [2.45, 2.75) is 19.3 Å². The highest BCUT2D eigenvalue weighted by Gasteiger charge is 2.48. The molecule has 1 spiro atoms. The minimum Gasteiger partial charge on any atom is -0.422 e. The third-order valence-corrected chi connectivity index (χ3v) is 4.34. The Morgan fingerprint density at radius 1 is 1.33 bits per heavy atom. The van der Waals surface area contributed by atoms with Crippen LogP contribution in [0.5, 0.6) is 0 Å². The number of rotatable bonds is 1. The second-order valence-corrected chi connectivity index (χ2v) is 5.65. The van der Waals surface area contributed by atoms with Crippen LogP contribution in [-0.2, 0) is 9.59 Å². The third-order valence-electron chi connectivity index (χ3n) is 4.34. The van der Waals surface area contributed by atoms with Gasteiger partial charge in [0.2, 0.25) is 17.5 Å². The SMILES string of the molecule is O=C1CCC2(CCN(c3nc4ncccc4o3)C2)C(=O)N1. The summed E-state index contributed by atoms with van der Waals surface area (Å²) in [6.45, 7) is 1.22. The van der Waals surface area contributed by atoms with Crippen LogP contribution in [0, 0.1) is 5.41 Å². The van der Waals surface area contributed by atoms with Crippen molar-refractivity contribution >= 4 is 29.1 Å². The van der Waals surface area contributed by atoms with E-state index in [9.17, 15) is 9.59 Å². The Labute approximate surface area is 120 Å². The molecule has 2 saturated heterocycles. The van der Waals surface area contributed by atoms with Gasteiger partial charge in [0.1, 0.15) is 0 Å². The highest BCUT2D eigenvalue weighted by atomic mass is 16.4. The van der Waals surface area contributed by atoms with Crippen LogP contribution < -0.4 is 10.2 Å². The number of aromatic nitrogens is 2. The Morgan fingerprint density at radius 3 is 3.05 bits per heavy atom. The summed E-state index contributed by atoms with van der Waals surface area (Å²) in [6.07, 6.45) is 3.36. The molecule has 4 heterocycles. The maximum absolute atomic E-state index is 12.2. The number of carbonyl (C=O) groups is 2. The number of imide groups is 1. The second-order valence-electron chi connectivity index (χ2n) is 5.65. The number of hydrogen-bond donors (Lipinski definition) is 1. The number of pyridine rings is 1. The average Bonchev–Trinajstić information content (AvgIpc) is 3.08. The Morgan fingerprint density at radius 2 is 2.24 bits per heavy atom. The molecule has 1 unspecified atom stereocenters. The van der Waals surface area contributed by atoms with Crippen LogP contribution >= 0.6 is 0 Å². The molecule has 2 aliphatic heterocycles. The van der Waals surface area contributed by atoms with Gasteiger partial charge in [0.15, 0.2) is 5.58 Å². The number of carbonyl (C=O) groups excluding carboxylic acids is 2. The molecular weight excluding hydrogens is 272 g/mol. The zero-order valence-electron chi connectivity index (χ0n) is 11.3. The smallest absolute Gasteiger partial charge is 0.299 e. The van der Waals surface area contributed by atoms with Crippen LogP contribution in [-0.4, -0.2) is 34.9 Å². The number of anilines is 1. The van der Waals surface area contributed by atoms with Crippen molar-refractivity contribution in [2.75, 3.05) is 18.0 Å². The van der Waals surface area contributed by atoms with Crippen LogP contribution in [0.25, 0.3) is 11.2 Å². The van der Waals surface area contributed by atoms with E-state index in [1.165, 1.54) is 0 Å². The fourth-order valence-corrected chi connectivity index (χ4v) is 3.11. The molecule has 7 nitrogen and oxygen atoms in total. The van der Waals surface area contributed by atoms with Crippen LogP contribution in [0.1, 0.15) is 19.3 Å². The normalized spacial score (nSPS) is 25.8. The molecule has 2 amide bonds. The summed E-state index contributed by atoms with van der Waals surface area (Å²) in [5.41, 5.74) is 0.704. The van der Waals surface area contributed by atoms with Gasteiger partial charge in [0.25, 0.3) is 6.01 Å². The lowest BCUT2D eigenvalue weighted by Gasteiger charge is -2.30. The van der Waals surface area contributed by atoms with Gasteiger partial charge in [-0.3, -0.25) is 14.9 Å². The first-order valence-corrected chi connectivity index (χ1v) is 6.97. The second kappa shape index (κ2) is 4.28. The summed E-state index contributed by atoms with van der Waals surface area (Å²) in [7, 11) is 0. The van der Waals surface area contributed by atoms with Gasteiger partial charge >= 0.3 is 0 Å². The molecule has 0 aromatic carbocycles. The van der Waals surface area contributed by atoms with Gasteiger partial charge in [0, 0.05) is 25.7 Å². The van der Waals surface area contributed by atoms with Gasteiger partial charge in [-0.25, -0.2) is 4.98 Å². The molecule has 0 saturated carbocycles. The van der Waals surface area contributed by atoms with E-state index in [0.717, 1.165) is 0 Å². The number of amides is 2. The number of fused-ring (bicyclic) bond motifs is 1. The molecule has 2 aromatic heterocycles. The van der Waals surface area contributed by atoms with Crippen LogP contribution in [0.4, 0.5) is 6.01 Å². The van der Waals surface area contributed by atoms with E-state index in [2.05, 4.69) is 15.3 Å². The zero-order valence-corrected chi connectivity index (χ0v) is 11.3. The summed E-state index contributed by atoms with van der Waals surface area (Å²) in [6, 6.07) is 4.10. The summed E-state index contributed by atoms with van der Waals surface area (Å²) in [4.78, 5) is 33.9. The summed E-state index contributed by atoms with van der Waals surface area (Å²) >= 11 is 0. The number of oxazole rings is 1. The number of nitrogens with zero attached hydrogens (tertiary/aromatic N) is 3. The van der Waals surface area contributed by atoms with Crippen LogP contribution in [0.2, 0.25) is 0 Å². The van der Waals surface area contributed by atoms with E-state index < -0.39 is 5.41 Å². The molecule has 0 aliphatic carbocycles. The van der Waals surface area contributed by atoms with Crippen molar-refractivity contribution in [3.63, 3.8) is 0 Å². The van der Waals surface area contributed by atoms with E-state index in [4.69, 9.17) is 4.42 Å². The molecule has 0 bridgehead atoms. The van der Waals surface area contributed by atoms with Crippen molar-refractivity contribution < 1.29 is 14.0 Å². The van der Waals surface area contributed by atoms with Gasteiger partial charge in [-0.15, -0.1) is 0 Å². The van der Waals surface area contributed by atoms with Gasteiger partial charge in [-0.1, -0.05) is 0 Å². The molecule has 21 heavy (non-hydrogen) atoms. The summed E-state index contributed by atoms with van der Waals surface area (Å²) in [5.74, 6) is -0.356. The first-order chi connectivity index (χ1) is 10.2. The predicted octanol–water partition coefficient (Wildman–Crippen LogP) is 0.856. The first kappa shape index (κ1) is 12.3. The molecule has 2 aromatic rings. The molecule has 0 radical (unpaired) electrons. The quantitative estimate of drug-likeness (QED) is 0.782. The Bertz CT molecular complexity index is 708. The molecule has 7 heteroatoms. The van der Waals surface area contributed by atoms with Gasteiger partial charge in [-0.2, -0.15) is 4.98 Å². The maximum atomic E-state index is 12.2. The van der Waals surface area contributed by atoms with Gasteiger partial charge in [0.05, 0.1) is 5.41 Å². The van der Waals surface area contributed by atoms with Gasteiger partial charge < -0.3 is 9.32 Å². The topological polar surface area (TPSA) is 88.3 Å². The average molecular weight is 286 g/mol.